The van der Waals surface area contributed by atoms with Gasteiger partial charge in [0.1, 0.15) is 0 Å². The fraction of sp³-hybridized carbons (Fsp3) is 0. The van der Waals surface area contributed by atoms with Crippen molar-refractivity contribution in [2.75, 3.05) is 0 Å². The van der Waals surface area contributed by atoms with Crippen LogP contribution >= 0.6 is 15.6 Å². The van der Waals surface area contributed by atoms with Crippen molar-refractivity contribution in [3.8, 4) is 0 Å². The third kappa shape index (κ3) is 49.6. The molecule has 0 unspecified atom stereocenters. The van der Waals surface area contributed by atoms with Gasteiger partial charge in [-0.2, -0.15) is 0 Å². The fourth-order valence-electron chi connectivity index (χ4n) is 1.15. The first-order valence-electron chi connectivity index (χ1n) is 7.57. The molecular weight excluding hydrogens is 406 g/mol. The molecule has 154 valence electrons. The number of phosphoric acid groups is 2. The van der Waals surface area contributed by atoms with Gasteiger partial charge in [-0.1, -0.05) is 109 Å². The highest BCUT2D eigenvalue weighted by Gasteiger charge is 2.00. The summed E-state index contributed by atoms with van der Waals surface area (Å²) in [4.78, 5) is 43.1. The van der Waals surface area contributed by atoms with Crippen LogP contribution in [0, 0.1) is 0 Å². The van der Waals surface area contributed by atoms with E-state index in [-0.39, 0.29) is 0 Å². The van der Waals surface area contributed by atoms with Crippen LogP contribution in [0.5, 0.6) is 0 Å². The molecule has 8 nitrogen and oxygen atoms in total. The standard InChI is InChI=1S/3C6H6.2H3O4P/c3*1-2-4-6-5-3-1;2*1-5(2,3)4/h3*1-6H;2*(H3,1,2,3,4). The molecule has 0 amide bonds. The summed E-state index contributed by atoms with van der Waals surface area (Å²) >= 11 is 0. The summed E-state index contributed by atoms with van der Waals surface area (Å²) in [5, 5.41) is 0. The van der Waals surface area contributed by atoms with Crippen molar-refractivity contribution in [3.63, 3.8) is 0 Å². The van der Waals surface area contributed by atoms with E-state index >= 15 is 0 Å². The van der Waals surface area contributed by atoms with Crippen LogP contribution in [0.4, 0.5) is 0 Å². The van der Waals surface area contributed by atoms with E-state index in [0.29, 0.717) is 0 Å². The molecule has 10 heteroatoms. The summed E-state index contributed by atoms with van der Waals surface area (Å²) in [6.07, 6.45) is 0. The molecule has 0 atom stereocenters. The zero-order chi connectivity index (χ0) is 21.7. The van der Waals surface area contributed by atoms with Crippen LogP contribution < -0.4 is 0 Å². The second kappa shape index (κ2) is 18.3. The van der Waals surface area contributed by atoms with E-state index in [9.17, 15) is 0 Å². The molecule has 0 aliphatic heterocycles. The van der Waals surface area contributed by atoms with Crippen molar-refractivity contribution >= 4 is 15.6 Å². The molecular formula is C18H24O8P2. The fourth-order valence-corrected chi connectivity index (χ4v) is 1.15. The lowest BCUT2D eigenvalue weighted by atomic mass is 10.4. The van der Waals surface area contributed by atoms with E-state index in [1.807, 2.05) is 109 Å². The van der Waals surface area contributed by atoms with Gasteiger partial charge in [-0.05, 0) is 0 Å². The third-order valence-corrected chi connectivity index (χ3v) is 2.00. The van der Waals surface area contributed by atoms with Crippen LogP contribution in [-0.4, -0.2) is 29.4 Å². The molecule has 0 radical (unpaired) electrons. The number of hydrogen-bond acceptors (Lipinski definition) is 2. The zero-order valence-electron chi connectivity index (χ0n) is 14.8. The topological polar surface area (TPSA) is 156 Å². The van der Waals surface area contributed by atoms with Gasteiger partial charge in [0.2, 0.25) is 0 Å². The van der Waals surface area contributed by atoms with Gasteiger partial charge in [-0.3, -0.25) is 0 Å². The van der Waals surface area contributed by atoms with Crippen molar-refractivity contribution in [2.24, 2.45) is 0 Å². The van der Waals surface area contributed by atoms with Crippen LogP contribution in [0.15, 0.2) is 109 Å². The normalized spacial score (nSPS) is 9.36. The van der Waals surface area contributed by atoms with Gasteiger partial charge in [-0.25, -0.2) is 9.13 Å². The molecule has 0 heterocycles. The molecule has 0 aromatic heterocycles. The maximum atomic E-state index is 8.88. The van der Waals surface area contributed by atoms with E-state index in [0.717, 1.165) is 0 Å². The molecule has 3 rings (SSSR count). The maximum Gasteiger partial charge on any atom is 0.466 e. The Morgan fingerprint density at radius 3 is 0.357 bits per heavy atom. The molecule has 6 N–H and O–H groups in total. The first-order chi connectivity index (χ1) is 13.0. The Morgan fingerprint density at radius 1 is 0.286 bits per heavy atom. The lowest BCUT2D eigenvalue weighted by Crippen LogP contribution is -1.66. The van der Waals surface area contributed by atoms with Crippen LogP contribution in [0.2, 0.25) is 0 Å². The Balaban J connectivity index is 0. The molecule has 0 spiro atoms. The van der Waals surface area contributed by atoms with E-state index in [4.69, 9.17) is 38.5 Å². The predicted octanol–water partition coefficient (Wildman–Crippen LogP) is 3.20. The zero-order valence-corrected chi connectivity index (χ0v) is 16.6. The Kier molecular flexibility index (Phi) is 18.3. The summed E-state index contributed by atoms with van der Waals surface area (Å²) < 4.78 is 17.8. The number of benzene rings is 3. The average molecular weight is 430 g/mol. The molecule has 0 aliphatic carbocycles. The van der Waals surface area contributed by atoms with Crippen LogP contribution in [0.1, 0.15) is 0 Å². The minimum absolute atomic E-state index is 2.00. The molecule has 0 saturated carbocycles. The minimum Gasteiger partial charge on any atom is -0.303 e. The van der Waals surface area contributed by atoms with Crippen LogP contribution in [-0.2, 0) is 9.13 Å². The third-order valence-electron chi connectivity index (χ3n) is 2.00. The van der Waals surface area contributed by atoms with Gasteiger partial charge in [0, 0.05) is 0 Å². The van der Waals surface area contributed by atoms with Gasteiger partial charge < -0.3 is 29.4 Å². The quantitative estimate of drug-likeness (QED) is 0.297. The minimum atomic E-state index is -4.64. The monoisotopic (exact) mass is 430 g/mol. The van der Waals surface area contributed by atoms with E-state index in [2.05, 4.69) is 0 Å². The number of rotatable bonds is 0. The highest BCUT2D eigenvalue weighted by atomic mass is 31.2. The second-order valence-electron chi connectivity index (χ2n) is 4.49. The van der Waals surface area contributed by atoms with Gasteiger partial charge in [-0.15, -0.1) is 0 Å². The largest absolute Gasteiger partial charge is 0.466 e. The molecule has 3 aromatic rings. The van der Waals surface area contributed by atoms with Gasteiger partial charge >= 0.3 is 15.6 Å². The second-order valence-corrected chi connectivity index (χ2v) is 6.54. The van der Waals surface area contributed by atoms with Crippen LogP contribution in [0.3, 0.4) is 0 Å². The van der Waals surface area contributed by atoms with Crippen molar-refractivity contribution in [1.82, 2.24) is 0 Å². The molecule has 0 aliphatic rings. The Morgan fingerprint density at radius 2 is 0.321 bits per heavy atom. The molecule has 0 fully saturated rings. The smallest absolute Gasteiger partial charge is 0.303 e. The molecule has 0 bridgehead atoms. The Bertz CT molecular complexity index is 555. The van der Waals surface area contributed by atoms with Crippen molar-refractivity contribution in [3.05, 3.63) is 109 Å². The summed E-state index contributed by atoms with van der Waals surface area (Å²) in [6, 6.07) is 36.0. The summed E-state index contributed by atoms with van der Waals surface area (Å²) in [5.41, 5.74) is 0. The highest BCUT2D eigenvalue weighted by Crippen LogP contribution is 2.26. The van der Waals surface area contributed by atoms with E-state index in [1.165, 1.54) is 0 Å². The Hall–Kier alpha value is -2.12. The predicted molar refractivity (Wildman–Crippen MR) is 108 cm³/mol. The van der Waals surface area contributed by atoms with Gasteiger partial charge in [0.25, 0.3) is 0 Å². The first kappa shape index (κ1) is 28.1. The van der Waals surface area contributed by atoms with Gasteiger partial charge in [0.15, 0.2) is 0 Å². The first-order valence-corrected chi connectivity index (χ1v) is 10.7. The van der Waals surface area contributed by atoms with Crippen molar-refractivity contribution in [1.29, 1.82) is 0 Å². The summed E-state index contributed by atoms with van der Waals surface area (Å²) in [7, 11) is -9.28. The lowest BCUT2D eigenvalue weighted by Gasteiger charge is -1.82. The highest BCUT2D eigenvalue weighted by molar-refractivity contribution is 7.45. The lowest BCUT2D eigenvalue weighted by molar-refractivity contribution is 0.272. The maximum absolute atomic E-state index is 8.88. The molecule has 3 aromatic carbocycles. The summed E-state index contributed by atoms with van der Waals surface area (Å²) in [6.45, 7) is 0. The SMILES string of the molecule is O=P(O)(O)O.O=P(O)(O)O.c1ccccc1.c1ccccc1.c1ccccc1. The average Bonchev–Trinajstić information content (AvgIpc) is 2.64. The Labute approximate surface area is 163 Å². The number of hydrogen-bond donors (Lipinski definition) is 6. The molecule has 0 saturated heterocycles. The van der Waals surface area contributed by atoms with Gasteiger partial charge in [0.05, 0.1) is 0 Å². The van der Waals surface area contributed by atoms with E-state index in [1.54, 1.807) is 0 Å². The van der Waals surface area contributed by atoms with E-state index < -0.39 is 15.6 Å². The summed E-state index contributed by atoms with van der Waals surface area (Å²) in [5.74, 6) is 0. The van der Waals surface area contributed by atoms with Crippen molar-refractivity contribution < 1.29 is 38.5 Å². The van der Waals surface area contributed by atoms with Crippen molar-refractivity contribution in [2.45, 2.75) is 0 Å². The van der Waals surface area contributed by atoms with Crippen LogP contribution in [0.25, 0.3) is 0 Å². The molecule has 28 heavy (non-hydrogen) atoms.